The van der Waals surface area contributed by atoms with Gasteiger partial charge in [-0.05, 0) is 32.2 Å². The highest BCUT2D eigenvalue weighted by Gasteiger charge is 2.17. The quantitative estimate of drug-likeness (QED) is 0.505. The van der Waals surface area contributed by atoms with Crippen molar-refractivity contribution in [2.24, 2.45) is 11.0 Å². The van der Waals surface area contributed by atoms with Crippen molar-refractivity contribution in [1.82, 2.24) is 5.43 Å². The summed E-state index contributed by atoms with van der Waals surface area (Å²) < 4.78 is 4.87. The van der Waals surface area contributed by atoms with E-state index >= 15 is 0 Å². The van der Waals surface area contributed by atoms with Gasteiger partial charge in [-0.25, -0.2) is 5.43 Å². The largest absolute Gasteiger partial charge is 0.465 e. The second-order valence-electron chi connectivity index (χ2n) is 3.65. The van der Waals surface area contributed by atoms with Crippen LogP contribution in [-0.2, 0) is 9.53 Å². The van der Waals surface area contributed by atoms with Crippen molar-refractivity contribution < 1.29 is 14.3 Å². The van der Waals surface area contributed by atoms with Crippen LogP contribution < -0.4 is 5.43 Å². The number of rotatable bonds is 5. The van der Waals surface area contributed by atoms with Crippen LogP contribution in [-0.4, -0.2) is 24.2 Å². The molecule has 1 atom stereocenters. The second-order valence-corrected chi connectivity index (χ2v) is 4.59. The topological polar surface area (TPSA) is 67.8 Å². The van der Waals surface area contributed by atoms with Crippen molar-refractivity contribution in [1.29, 1.82) is 0 Å². The number of ether oxygens (including phenoxy) is 1. The van der Waals surface area contributed by atoms with Gasteiger partial charge in [-0.3, -0.25) is 9.59 Å². The van der Waals surface area contributed by atoms with Crippen LogP contribution in [0, 0.1) is 5.92 Å². The van der Waals surface area contributed by atoms with Gasteiger partial charge >= 0.3 is 5.97 Å². The van der Waals surface area contributed by atoms with Gasteiger partial charge in [-0.1, -0.05) is 6.07 Å². The maximum Gasteiger partial charge on any atom is 0.314 e. The molecule has 1 N–H and O–H groups in total. The van der Waals surface area contributed by atoms with E-state index in [-0.39, 0.29) is 11.9 Å². The Kier molecular flexibility index (Phi) is 5.51. The monoisotopic (exact) mass is 268 g/mol. The Morgan fingerprint density at radius 2 is 2.28 bits per heavy atom. The summed E-state index contributed by atoms with van der Waals surface area (Å²) in [4.78, 5) is 23.6. The van der Waals surface area contributed by atoms with Gasteiger partial charge in [0, 0.05) is 5.71 Å². The molecule has 6 heteroatoms. The fourth-order valence-corrected chi connectivity index (χ4v) is 1.75. The molecule has 0 saturated heterocycles. The van der Waals surface area contributed by atoms with E-state index in [0.29, 0.717) is 17.2 Å². The van der Waals surface area contributed by atoms with Crippen LogP contribution in [0.5, 0.6) is 0 Å². The molecular weight excluding hydrogens is 252 g/mol. The van der Waals surface area contributed by atoms with Crippen molar-refractivity contribution >= 4 is 28.9 Å². The first-order chi connectivity index (χ1) is 8.56. The minimum atomic E-state index is -0.464. The van der Waals surface area contributed by atoms with Crippen LogP contribution in [0.15, 0.2) is 22.6 Å². The lowest BCUT2D eigenvalue weighted by Gasteiger charge is -2.09. The van der Waals surface area contributed by atoms with Crippen molar-refractivity contribution in [2.45, 2.75) is 20.8 Å². The second kappa shape index (κ2) is 6.90. The van der Waals surface area contributed by atoms with Gasteiger partial charge < -0.3 is 4.74 Å². The van der Waals surface area contributed by atoms with Gasteiger partial charge in [0.05, 0.1) is 17.4 Å². The third kappa shape index (κ3) is 3.96. The Labute approximate surface area is 110 Å². The Morgan fingerprint density at radius 1 is 1.56 bits per heavy atom. The first kappa shape index (κ1) is 14.4. The van der Waals surface area contributed by atoms with Crippen molar-refractivity contribution in [2.75, 3.05) is 6.61 Å². The highest BCUT2D eigenvalue weighted by Crippen LogP contribution is 2.08. The van der Waals surface area contributed by atoms with Gasteiger partial charge in [0.1, 0.15) is 0 Å². The van der Waals surface area contributed by atoms with E-state index in [9.17, 15) is 9.59 Å². The molecule has 0 saturated carbocycles. The molecule has 0 bridgehead atoms. The SMILES string of the molecule is CCOC(=O)[C@H](C)C(C)=NNC(=O)c1cccs1. The van der Waals surface area contributed by atoms with Crippen LogP contribution in [0.25, 0.3) is 0 Å². The number of carbonyl (C=O) groups is 2. The molecule has 0 aliphatic heterocycles. The van der Waals surface area contributed by atoms with E-state index in [0.717, 1.165) is 0 Å². The molecule has 0 aromatic carbocycles. The number of nitrogens with one attached hydrogen (secondary N) is 1. The summed E-state index contributed by atoms with van der Waals surface area (Å²) in [6.45, 7) is 5.44. The number of hydrazone groups is 1. The average molecular weight is 268 g/mol. The summed E-state index contributed by atoms with van der Waals surface area (Å²) in [5.41, 5.74) is 2.93. The predicted molar refractivity (Wildman–Crippen MR) is 70.7 cm³/mol. The minimum absolute atomic E-state index is 0.277. The summed E-state index contributed by atoms with van der Waals surface area (Å²) in [7, 11) is 0. The van der Waals surface area contributed by atoms with Crippen molar-refractivity contribution in [3.63, 3.8) is 0 Å². The Morgan fingerprint density at radius 3 is 2.83 bits per heavy atom. The van der Waals surface area contributed by atoms with Crippen LogP contribution >= 0.6 is 11.3 Å². The fraction of sp³-hybridized carbons (Fsp3) is 0.417. The fourth-order valence-electron chi connectivity index (χ4n) is 1.14. The third-order valence-corrected chi connectivity index (χ3v) is 3.21. The number of esters is 1. The first-order valence-corrected chi connectivity index (χ1v) is 6.48. The molecule has 18 heavy (non-hydrogen) atoms. The van der Waals surface area contributed by atoms with Crippen molar-refractivity contribution in [3.8, 4) is 0 Å². The highest BCUT2D eigenvalue weighted by atomic mass is 32.1. The Bertz CT molecular complexity index is 440. The zero-order valence-corrected chi connectivity index (χ0v) is 11.4. The molecule has 98 valence electrons. The maximum absolute atomic E-state index is 11.6. The molecule has 5 nitrogen and oxygen atoms in total. The normalized spacial score (nSPS) is 12.9. The number of carbonyl (C=O) groups excluding carboxylic acids is 2. The smallest absolute Gasteiger partial charge is 0.314 e. The van der Waals surface area contributed by atoms with E-state index in [1.54, 1.807) is 32.9 Å². The Balaban J connectivity index is 2.56. The summed E-state index contributed by atoms with van der Waals surface area (Å²) >= 11 is 1.33. The van der Waals surface area contributed by atoms with E-state index in [1.807, 2.05) is 5.38 Å². The summed E-state index contributed by atoms with van der Waals surface area (Å²) in [5.74, 6) is -1.09. The number of hydrogen-bond donors (Lipinski definition) is 1. The van der Waals surface area contributed by atoms with Gasteiger partial charge in [0.15, 0.2) is 0 Å². The number of amides is 1. The van der Waals surface area contributed by atoms with Gasteiger partial charge in [-0.2, -0.15) is 5.10 Å². The van der Waals surface area contributed by atoms with Crippen molar-refractivity contribution in [3.05, 3.63) is 22.4 Å². The highest BCUT2D eigenvalue weighted by molar-refractivity contribution is 7.12. The lowest BCUT2D eigenvalue weighted by molar-refractivity contribution is -0.145. The summed E-state index contributed by atoms with van der Waals surface area (Å²) in [5, 5.41) is 5.72. The lowest BCUT2D eigenvalue weighted by Crippen LogP contribution is -2.25. The van der Waals surface area contributed by atoms with Crippen LogP contribution in [0.3, 0.4) is 0 Å². The molecule has 1 aromatic rings. The van der Waals surface area contributed by atoms with Crippen LogP contribution in [0.2, 0.25) is 0 Å². The van der Waals surface area contributed by atoms with Gasteiger partial charge in [0.2, 0.25) is 0 Å². The number of hydrogen-bond acceptors (Lipinski definition) is 5. The minimum Gasteiger partial charge on any atom is -0.465 e. The summed E-state index contributed by atoms with van der Waals surface area (Å²) in [6.07, 6.45) is 0. The summed E-state index contributed by atoms with van der Waals surface area (Å²) in [6, 6.07) is 3.50. The van der Waals surface area contributed by atoms with E-state index in [4.69, 9.17) is 4.74 Å². The molecule has 1 rings (SSSR count). The molecule has 1 heterocycles. The zero-order valence-electron chi connectivity index (χ0n) is 10.6. The van der Waals surface area contributed by atoms with Gasteiger partial charge in [0.25, 0.3) is 5.91 Å². The average Bonchev–Trinajstić information content (AvgIpc) is 2.88. The molecule has 0 aliphatic rings. The Hall–Kier alpha value is -1.69. The predicted octanol–water partition coefficient (Wildman–Crippen LogP) is 2.05. The molecule has 0 spiro atoms. The third-order valence-electron chi connectivity index (χ3n) is 2.35. The van der Waals surface area contributed by atoms with E-state index in [1.165, 1.54) is 11.3 Å². The molecule has 1 amide bonds. The number of thiophene rings is 1. The molecular formula is C12H16N2O3S. The van der Waals surface area contributed by atoms with Crippen LogP contribution in [0.1, 0.15) is 30.4 Å². The standard InChI is InChI=1S/C12H16N2O3S/c1-4-17-12(16)8(2)9(3)13-14-11(15)10-6-5-7-18-10/h5-8H,4H2,1-3H3,(H,14,15)/t8-/m1/s1. The molecule has 1 aromatic heterocycles. The first-order valence-electron chi connectivity index (χ1n) is 5.61. The molecule has 0 unspecified atom stereocenters. The molecule has 0 aliphatic carbocycles. The molecule has 0 fully saturated rings. The van der Waals surface area contributed by atoms with Crippen LogP contribution in [0.4, 0.5) is 0 Å². The van der Waals surface area contributed by atoms with E-state index in [2.05, 4.69) is 10.5 Å². The van der Waals surface area contributed by atoms with E-state index < -0.39 is 5.92 Å². The maximum atomic E-state index is 11.6. The van der Waals surface area contributed by atoms with Gasteiger partial charge in [-0.15, -0.1) is 11.3 Å². The zero-order chi connectivity index (χ0) is 13.5. The number of nitrogens with zero attached hydrogens (tertiary/aromatic N) is 1. The lowest BCUT2D eigenvalue weighted by atomic mass is 10.1. The molecule has 0 radical (unpaired) electrons.